The second kappa shape index (κ2) is 9.68. The van der Waals surface area contributed by atoms with Crippen molar-refractivity contribution >= 4 is 17.6 Å². The van der Waals surface area contributed by atoms with E-state index in [0.717, 1.165) is 18.2 Å². The van der Waals surface area contributed by atoms with Gasteiger partial charge in [-0.3, -0.25) is 4.79 Å². The smallest absolute Gasteiger partial charge is 0.339 e. The highest BCUT2D eigenvalue weighted by Crippen LogP contribution is 2.29. The minimum atomic E-state index is -1.24. The van der Waals surface area contributed by atoms with E-state index in [4.69, 9.17) is 14.2 Å². The molecule has 2 aromatic rings. The number of benzene rings is 2. The van der Waals surface area contributed by atoms with E-state index in [1.807, 2.05) is 6.92 Å². The zero-order chi connectivity index (χ0) is 20.7. The molecule has 150 valence electrons. The van der Waals surface area contributed by atoms with Crippen molar-refractivity contribution in [3.8, 4) is 11.5 Å². The first-order valence-corrected chi connectivity index (χ1v) is 8.72. The fourth-order valence-corrected chi connectivity index (χ4v) is 2.29. The maximum Gasteiger partial charge on any atom is 0.339 e. The molecule has 28 heavy (non-hydrogen) atoms. The average molecular weight is 393 g/mol. The summed E-state index contributed by atoms with van der Waals surface area (Å²) in [6.07, 6.45) is -1.24. The summed E-state index contributed by atoms with van der Waals surface area (Å²) in [5, 5.41) is 2.19. The van der Waals surface area contributed by atoms with Crippen molar-refractivity contribution in [2.75, 3.05) is 18.5 Å². The number of ether oxygens (including phenoxy) is 3. The Morgan fingerprint density at radius 3 is 2.36 bits per heavy atom. The molecular weight excluding hydrogens is 372 g/mol. The molecule has 1 amide bonds. The largest absolute Gasteiger partial charge is 0.490 e. The maximum atomic E-state index is 13.6. The zero-order valence-electron chi connectivity index (χ0n) is 15.8. The van der Waals surface area contributed by atoms with Crippen LogP contribution >= 0.6 is 0 Å². The third kappa shape index (κ3) is 5.42. The Morgan fingerprint density at radius 1 is 1.00 bits per heavy atom. The Morgan fingerprint density at radius 2 is 1.68 bits per heavy atom. The van der Waals surface area contributed by atoms with Crippen LogP contribution in [0.15, 0.2) is 36.4 Å². The zero-order valence-corrected chi connectivity index (χ0v) is 15.8. The molecule has 0 fully saturated rings. The van der Waals surface area contributed by atoms with Crippen LogP contribution < -0.4 is 14.8 Å². The number of carbonyl (C=O) groups excluding carboxylic acids is 2. The molecule has 0 saturated carbocycles. The van der Waals surface area contributed by atoms with E-state index in [0.29, 0.717) is 24.7 Å². The highest BCUT2D eigenvalue weighted by molar-refractivity contribution is 5.97. The van der Waals surface area contributed by atoms with Gasteiger partial charge in [0.05, 0.1) is 24.5 Å². The number of hydrogen-bond donors (Lipinski definition) is 1. The maximum absolute atomic E-state index is 13.6. The van der Waals surface area contributed by atoms with Gasteiger partial charge in [-0.05, 0) is 51.1 Å². The topological polar surface area (TPSA) is 73.9 Å². The molecule has 0 bridgehead atoms. The molecule has 2 rings (SSSR count). The van der Waals surface area contributed by atoms with Crippen molar-refractivity contribution in [2.45, 2.75) is 26.9 Å². The molecule has 0 spiro atoms. The lowest BCUT2D eigenvalue weighted by Gasteiger charge is -2.15. The van der Waals surface area contributed by atoms with Crippen molar-refractivity contribution in [3.63, 3.8) is 0 Å². The molecule has 0 heterocycles. The summed E-state index contributed by atoms with van der Waals surface area (Å²) in [6, 6.07) is 7.15. The minimum absolute atomic E-state index is 0.156. The van der Waals surface area contributed by atoms with Crippen molar-refractivity contribution < 1.29 is 32.6 Å². The summed E-state index contributed by atoms with van der Waals surface area (Å²) >= 11 is 0. The monoisotopic (exact) mass is 393 g/mol. The van der Waals surface area contributed by atoms with Crippen molar-refractivity contribution in [3.05, 3.63) is 53.6 Å². The highest BCUT2D eigenvalue weighted by atomic mass is 19.1. The van der Waals surface area contributed by atoms with Gasteiger partial charge in [0.15, 0.2) is 17.6 Å². The summed E-state index contributed by atoms with van der Waals surface area (Å²) in [4.78, 5) is 24.5. The third-order valence-electron chi connectivity index (χ3n) is 3.62. The van der Waals surface area contributed by atoms with Gasteiger partial charge in [0.25, 0.3) is 5.91 Å². The van der Waals surface area contributed by atoms with E-state index in [-0.39, 0.29) is 11.3 Å². The van der Waals surface area contributed by atoms with Gasteiger partial charge in [-0.15, -0.1) is 0 Å². The Bertz CT molecular complexity index is 856. The minimum Gasteiger partial charge on any atom is -0.490 e. The van der Waals surface area contributed by atoms with Crippen molar-refractivity contribution in [1.82, 2.24) is 0 Å². The molecule has 6 nitrogen and oxygen atoms in total. The number of halogens is 2. The molecule has 0 aromatic heterocycles. The Kier molecular flexibility index (Phi) is 7.31. The van der Waals surface area contributed by atoms with Gasteiger partial charge in [0.2, 0.25) is 0 Å². The van der Waals surface area contributed by atoms with E-state index >= 15 is 0 Å². The molecule has 0 aliphatic heterocycles. The van der Waals surface area contributed by atoms with Crippen LogP contribution in [0.5, 0.6) is 11.5 Å². The lowest BCUT2D eigenvalue weighted by Crippen LogP contribution is -2.30. The molecule has 1 unspecified atom stereocenters. The first-order valence-electron chi connectivity index (χ1n) is 8.72. The second-order valence-electron chi connectivity index (χ2n) is 5.69. The van der Waals surface area contributed by atoms with Gasteiger partial charge >= 0.3 is 5.97 Å². The Balaban J connectivity index is 2.07. The number of anilines is 1. The normalized spacial score (nSPS) is 11.5. The van der Waals surface area contributed by atoms with Crippen LogP contribution in [0.3, 0.4) is 0 Å². The first-order chi connectivity index (χ1) is 13.3. The van der Waals surface area contributed by atoms with Crippen LogP contribution in [-0.2, 0) is 9.53 Å². The molecule has 0 aliphatic rings. The lowest BCUT2D eigenvalue weighted by molar-refractivity contribution is -0.123. The van der Waals surface area contributed by atoms with E-state index in [1.165, 1.54) is 19.1 Å². The average Bonchev–Trinajstić information content (AvgIpc) is 2.66. The molecule has 2 aromatic carbocycles. The third-order valence-corrected chi connectivity index (χ3v) is 3.62. The van der Waals surface area contributed by atoms with Gasteiger partial charge < -0.3 is 19.5 Å². The quantitative estimate of drug-likeness (QED) is 0.688. The van der Waals surface area contributed by atoms with E-state index < -0.39 is 29.6 Å². The summed E-state index contributed by atoms with van der Waals surface area (Å²) in [6.45, 7) is 5.73. The fourth-order valence-electron chi connectivity index (χ4n) is 2.29. The van der Waals surface area contributed by atoms with E-state index in [1.54, 1.807) is 13.0 Å². The SMILES string of the molecule is CCOc1ccc(C(=O)OC(C)C(=O)Nc2cc(F)ccc2F)cc1OCC. The van der Waals surface area contributed by atoms with Crippen LogP contribution in [0.25, 0.3) is 0 Å². The molecule has 1 atom stereocenters. The van der Waals surface area contributed by atoms with Crippen LogP contribution in [0.2, 0.25) is 0 Å². The van der Waals surface area contributed by atoms with Gasteiger partial charge in [0, 0.05) is 6.07 Å². The predicted molar refractivity (Wildman–Crippen MR) is 98.6 cm³/mol. The molecular formula is C20H21F2NO5. The van der Waals surface area contributed by atoms with Crippen LogP contribution in [0, 0.1) is 11.6 Å². The van der Waals surface area contributed by atoms with Gasteiger partial charge in [-0.25, -0.2) is 13.6 Å². The summed E-state index contributed by atoms with van der Waals surface area (Å²) in [5.41, 5.74) is -0.184. The highest BCUT2D eigenvalue weighted by Gasteiger charge is 2.21. The number of esters is 1. The molecule has 0 radical (unpaired) electrons. The van der Waals surface area contributed by atoms with Crippen molar-refractivity contribution in [2.24, 2.45) is 0 Å². The fraction of sp³-hybridized carbons (Fsp3) is 0.300. The number of amides is 1. The van der Waals surface area contributed by atoms with Gasteiger partial charge in [0.1, 0.15) is 11.6 Å². The number of rotatable bonds is 8. The van der Waals surface area contributed by atoms with E-state index in [2.05, 4.69) is 5.32 Å². The Labute approximate surface area is 161 Å². The molecule has 8 heteroatoms. The Hall–Kier alpha value is -3.16. The number of nitrogens with one attached hydrogen (secondary N) is 1. The van der Waals surface area contributed by atoms with Crippen LogP contribution in [0.1, 0.15) is 31.1 Å². The standard InChI is InChI=1S/C20H21F2NO5/c1-4-26-17-9-6-13(10-18(17)27-5-2)20(25)28-12(3)19(24)23-16-11-14(21)7-8-15(16)22/h6-12H,4-5H2,1-3H3,(H,23,24). The molecule has 1 N–H and O–H groups in total. The summed E-state index contributed by atoms with van der Waals surface area (Å²) in [7, 11) is 0. The second-order valence-corrected chi connectivity index (χ2v) is 5.69. The predicted octanol–water partition coefficient (Wildman–Crippen LogP) is 3.95. The van der Waals surface area contributed by atoms with E-state index in [9.17, 15) is 18.4 Å². The first kappa shape index (κ1) is 21.1. The molecule has 0 aliphatic carbocycles. The number of hydrogen-bond acceptors (Lipinski definition) is 5. The molecule has 0 saturated heterocycles. The van der Waals surface area contributed by atoms with Crippen LogP contribution in [-0.4, -0.2) is 31.2 Å². The van der Waals surface area contributed by atoms with Crippen LogP contribution in [0.4, 0.5) is 14.5 Å². The van der Waals surface area contributed by atoms with Gasteiger partial charge in [-0.1, -0.05) is 0 Å². The van der Waals surface area contributed by atoms with Gasteiger partial charge in [-0.2, -0.15) is 0 Å². The summed E-state index contributed by atoms with van der Waals surface area (Å²) in [5.74, 6) is -2.23. The number of carbonyl (C=O) groups is 2. The van der Waals surface area contributed by atoms with Crippen molar-refractivity contribution in [1.29, 1.82) is 0 Å². The summed E-state index contributed by atoms with van der Waals surface area (Å²) < 4.78 is 42.8. The lowest BCUT2D eigenvalue weighted by atomic mass is 10.2.